The maximum absolute atomic E-state index is 11.9. The number of rotatable bonds is 9. The maximum atomic E-state index is 11.9. The summed E-state index contributed by atoms with van der Waals surface area (Å²) in [4.78, 5) is 11.9. The summed E-state index contributed by atoms with van der Waals surface area (Å²) in [7, 11) is 1.57. The van der Waals surface area contributed by atoms with E-state index < -0.39 is 0 Å². The fourth-order valence-electron chi connectivity index (χ4n) is 2.16. The van der Waals surface area contributed by atoms with Gasteiger partial charge >= 0.3 is 0 Å². The molecule has 1 N–H and O–H groups in total. The molecule has 3 aromatic rings. The van der Waals surface area contributed by atoms with Crippen molar-refractivity contribution in [3.63, 3.8) is 0 Å². The molecule has 1 aromatic heterocycles. The van der Waals surface area contributed by atoms with E-state index in [0.717, 1.165) is 11.3 Å². The number of methoxy groups -OCH3 is 1. The fraction of sp³-hybridized carbons (Fsp3) is 0.211. The van der Waals surface area contributed by atoms with Gasteiger partial charge in [0.2, 0.25) is 5.13 Å². The van der Waals surface area contributed by atoms with Crippen molar-refractivity contribution in [2.75, 3.05) is 19.0 Å². The van der Waals surface area contributed by atoms with E-state index in [1.807, 2.05) is 30.3 Å². The van der Waals surface area contributed by atoms with E-state index >= 15 is 0 Å². The van der Waals surface area contributed by atoms with Gasteiger partial charge in [-0.15, -0.1) is 10.2 Å². The van der Waals surface area contributed by atoms with Crippen molar-refractivity contribution in [3.05, 3.63) is 65.2 Å². The lowest BCUT2D eigenvalue weighted by Crippen LogP contribution is -2.20. The second-order valence-electron chi connectivity index (χ2n) is 5.52. The lowest BCUT2D eigenvalue weighted by molar-refractivity contribution is -0.118. The van der Waals surface area contributed by atoms with Crippen LogP contribution in [0.1, 0.15) is 10.6 Å². The molecule has 0 saturated heterocycles. The van der Waals surface area contributed by atoms with Gasteiger partial charge in [0.15, 0.2) is 6.61 Å². The minimum Gasteiger partial charge on any atom is -0.489 e. The predicted molar refractivity (Wildman–Crippen MR) is 102 cm³/mol. The van der Waals surface area contributed by atoms with Gasteiger partial charge in [-0.3, -0.25) is 10.1 Å². The zero-order chi connectivity index (χ0) is 18.9. The Morgan fingerprint density at radius 2 is 1.67 bits per heavy atom. The number of anilines is 1. The highest BCUT2D eigenvalue weighted by Crippen LogP contribution is 2.19. The van der Waals surface area contributed by atoms with Gasteiger partial charge in [-0.1, -0.05) is 41.7 Å². The molecule has 0 radical (unpaired) electrons. The summed E-state index contributed by atoms with van der Waals surface area (Å²) in [5.41, 5.74) is 1.10. The van der Waals surface area contributed by atoms with E-state index in [1.165, 1.54) is 11.3 Å². The Morgan fingerprint density at radius 3 is 2.37 bits per heavy atom. The van der Waals surface area contributed by atoms with Crippen LogP contribution in [0.5, 0.6) is 11.5 Å². The Kier molecular flexibility index (Phi) is 6.72. The zero-order valence-electron chi connectivity index (χ0n) is 14.8. The van der Waals surface area contributed by atoms with E-state index in [2.05, 4.69) is 15.5 Å². The molecule has 0 fully saturated rings. The Hall–Kier alpha value is -2.97. The number of amides is 1. The quantitative estimate of drug-likeness (QED) is 0.609. The number of ether oxygens (including phenoxy) is 3. The average Bonchev–Trinajstić information content (AvgIpc) is 3.13. The SMILES string of the molecule is COCc1nnc(NC(=O)COc2ccc(OCc3ccccc3)cc2)s1. The normalized spacial score (nSPS) is 10.4. The third kappa shape index (κ3) is 6.05. The molecule has 27 heavy (non-hydrogen) atoms. The van der Waals surface area contributed by atoms with E-state index in [0.29, 0.717) is 29.1 Å². The predicted octanol–water partition coefficient (Wildman–Crippen LogP) is 3.28. The molecule has 1 amide bonds. The highest BCUT2D eigenvalue weighted by atomic mass is 32.1. The van der Waals surface area contributed by atoms with Crippen LogP contribution in [0.4, 0.5) is 5.13 Å². The maximum Gasteiger partial charge on any atom is 0.264 e. The van der Waals surface area contributed by atoms with Crippen LogP contribution >= 0.6 is 11.3 Å². The number of aromatic nitrogens is 2. The third-order valence-electron chi connectivity index (χ3n) is 3.42. The van der Waals surface area contributed by atoms with Crippen molar-refractivity contribution < 1.29 is 19.0 Å². The topological polar surface area (TPSA) is 82.6 Å². The van der Waals surface area contributed by atoms with Crippen LogP contribution in [0.3, 0.4) is 0 Å². The van der Waals surface area contributed by atoms with Crippen LogP contribution in [0.25, 0.3) is 0 Å². The van der Waals surface area contributed by atoms with Gasteiger partial charge < -0.3 is 14.2 Å². The molecule has 0 aliphatic carbocycles. The molecule has 2 aromatic carbocycles. The molecule has 8 heteroatoms. The van der Waals surface area contributed by atoms with Crippen LogP contribution in [0.2, 0.25) is 0 Å². The molecular formula is C19H19N3O4S. The number of carbonyl (C=O) groups is 1. The van der Waals surface area contributed by atoms with Crippen LogP contribution in [-0.4, -0.2) is 29.8 Å². The van der Waals surface area contributed by atoms with Gasteiger partial charge in [-0.25, -0.2) is 0 Å². The molecule has 3 rings (SSSR count). The molecule has 0 spiro atoms. The largest absolute Gasteiger partial charge is 0.489 e. The summed E-state index contributed by atoms with van der Waals surface area (Å²) in [6.07, 6.45) is 0. The molecule has 0 aliphatic rings. The number of nitrogens with zero attached hydrogens (tertiary/aromatic N) is 2. The van der Waals surface area contributed by atoms with Gasteiger partial charge in [0.05, 0.1) is 0 Å². The summed E-state index contributed by atoms with van der Waals surface area (Å²) >= 11 is 1.26. The molecule has 0 unspecified atom stereocenters. The van der Waals surface area contributed by atoms with E-state index in [9.17, 15) is 4.79 Å². The summed E-state index contributed by atoms with van der Waals surface area (Å²) in [6, 6.07) is 17.1. The zero-order valence-corrected chi connectivity index (χ0v) is 15.6. The molecular weight excluding hydrogens is 366 g/mol. The Bertz CT molecular complexity index is 853. The fourth-order valence-corrected chi connectivity index (χ4v) is 2.89. The Labute approximate surface area is 160 Å². The van der Waals surface area contributed by atoms with Crippen LogP contribution < -0.4 is 14.8 Å². The number of hydrogen-bond donors (Lipinski definition) is 1. The van der Waals surface area contributed by atoms with E-state index in [-0.39, 0.29) is 12.5 Å². The number of hydrogen-bond acceptors (Lipinski definition) is 7. The smallest absolute Gasteiger partial charge is 0.264 e. The van der Waals surface area contributed by atoms with Gasteiger partial charge in [0, 0.05) is 7.11 Å². The number of benzene rings is 2. The molecule has 0 atom stereocenters. The second kappa shape index (κ2) is 9.65. The third-order valence-corrected chi connectivity index (χ3v) is 4.24. The Balaban J connectivity index is 1.43. The molecule has 140 valence electrons. The van der Waals surface area contributed by atoms with Gasteiger partial charge in [0.1, 0.15) is 29.7 Å². The number of carbonyl (C=O) groups excluding carboxylic acids is 1. The molecule has 0 bridgehead atoms. The second-order valence-corrected chi connectivity index (χ2v) is 6.58. The first kappa shape index (κ1) is 18.8. The highest BCUT2D eigenvalue weighted by molar-refractivity contribution is 7.15. The summed E-state index contributed by atoms with van der Waals surface area (Å²) in [5, 5.41) is 11.5. The van der Waals surface area contributed by atoms with Gasteiger partial charge in [-0.2, -0.15) is 0 Å². The van der Waals surface area contributed by atoms with Gasteiger partial charge in [-0.05, 0) is 29.8 Å². The van der Waals surface area contributed by atoms with E-state index in [1.54, 1.807) is 31.4 Å². The van der Waals surface area contributed by atoms with Crippen molar-refractivity contribution in [2.45, 2.75) is 13.2 Å². The summed E-state index contributed by atoms with van der Waals surface area (Å²) in [5.74, 6) is 1.00. The van der Waals surface area contributed by atoms with Crippen molar-refractivity contribution >= 4 is 22.4 Å². The van der Waals surface area contributed by atoms with Crippen LogP contribution in [0, 0.1) is 0 Å². The van der Waals surface area contributed by atoms with Crippen molar-refractivity contribution in [3.8, 4) is 11.5 Å². The van der Waals surface area contributed by atoms with Crippen LogP contribution in [0.15, 0.2) is 54.6 Å². The molecule has 7 nitrogen and oxygen atoms in total. The minimum atomic E-state index is -0.306. The molecule has 0 saturated carbocycles. The van der Waals surface area contributed by atoms with E-state index in [4.69, 9.17) is 14.2 Å². The average molecular weight is 385 g/mol. The minimum absolute atomic E-state index is 0.122. The molecule has 1 heterocycles. The Morgan fingerprint density at radius 1 is 0.963 bits per heavy atom. The summed E-state index contributed by atoms with van der Waals surface area (Å²) < 4.78 is 16.2. The first-order valence-corrected chi connectivity index (χ1v) is 9.05. The number of nitrogens with one attached hydrogen (secondary N) is 1. The van der Waals surface area contributed by atoms with Crippen molar-refractivity contribution in [1.29, 1.82) is 0 Å². The van der Waals surface area contributed by atoms with Crippen LogP contribution in [-0.2, 0) is 22.7 Å². The molecule has 0 aliphatic heterocycles. The monoisotopic (exact) mass is 385 g/mol. The lowest BCUT2D eigenvalue weighted by Gasteiger charge is -2.08. The standard InChI is InChI=1S/C19H19N3O4S/c1-24-13-18-21-22-19(27-18)20-17(23)12-26-16-9-7-15(8-10-16)25-11-14-5-3-2-4-6-14/h2-10H,11-13H2,1H3,(H,20,22,23). The van der Waals surface area contributed by atoms with Crippen molar-refractivity contribution in [2.24, 2.45) is 0 Å². The highest BCUT2D eigenvalue weighted by Gasteiger charge is 2.09. The summed E-state index contributed by atoms with van der Waals surface area (Å²) in [6.45, 7) is 0.739. The van der Waals surface area contributed by atoms with Gasteiger partial charge in [0.25, 0.3) is 5.91 Å². The first-order chi connectivity index (χ1) is 13.2. The lowest BCUT2D eigenvalue weighted by atomic mass is 10.2. The first-order valence-electron chi connectivity index (χ1n) is 8.23. The van der Waals surface area contributed by atoms with Crippen molar-refractivity contribution in [1.82, 2.24) is 10.2 Å².